The van der Waals surface area contributed by atoms with Crippen LogP contribution in [-0.4, -0.2) is 37.1 Å². The Morgan fingerprint density at radius 2 is 2.05 bits per heavy atom. The molecule has 2 aromatic rings. The van der Waals surface area contributed by atoms with Crippen LogP contribution in [-0.2, 0) is 0 Å². The lowest BCUT2D eigenvalue weighted by Crippen LogP contribution is -2.19. The van der Waals surface area contributed by atoms with E-state index < -0.39 is 0 Å². The predicted octanol–water partition coefficient (Wildman–Crippen LogP) is 3.61. The third kappa shape index (κ3) is 4.30. The topological polar surface area (TPSA) is 25.4 Å². The molecule has 111 valence electrons. The molecule has 1 radical (unpaired) electrons. The van der Waals surface area contributed by atoms with Crippen molar-refractivity contribution in [3.05, 3.63) is 48.2 Å². The second kappa shape index (κ2) is 7.23. The number of hydrogen-bond acceptors (Lipinski definition) is 3. The van der Waals surface area contributed by atoms with Crippen molar-refractivity contribution in [1.29, 1.82) is 0 Å². The Labute approximate surface area is 127 Å². The van der Waals surface area contributed by atoms with Gasteiger partial charge < -0.3 is 9.64 Å². The Morgan fingerprint density at radius 3 is 2.67 bits per heavy atom. The maximum atomic E-state index is 5.83. The van der Waals surface area contributed by atoms with E-state index >= 15 is 0 Å². The van der Waals surface area contributed by atoms with Gasteiger partial charge in [-0.1, -0.05) is 19.9 Å². The van der Waals surface area contributed by atoms with Gasteiger partial charge in [-0.25, -0.2) is 4.98 Å². The number of aromatic nitrogens is 1. The normalized spacial score (nSPS) is 11.1. The molecule has 2 rings (SSSR count). The smallest absolute Gasteiger partial charge is 0.119 e. The van der Waals surface area contributed by atoms with Crippen LogP contribution in [0.2, 0.25) is 0 Å². The number of nitrogens with zero attached hydrogens (tertiary/aromatic N) is 2. The number of ether oxygens (including phenoxy) is 1. The van der Waals surface area contributed by atoms with Crippen molar-refractivity contribution in [1.82, 2.24) is 9.88 Å². The molecule has 21 heavy (non-hydrogen) atoms. The summed E-state index contributed by atoms with van der Waals surface area (Å²) in [4.78, 5) is 6.45. The molecule has 1 aromatic carbocycles. The molecule has 0 fully saturated rings. The molecule has 0 N–H and O–H groups in total. The number of rotatable bonds is 6. The van der Waals surface area contributed by atoms with Crippen LogP contribution in [0.4, 0.5) is 0 Å². The zero-order valence-electron chi connectivity index (χ0n) is 13.3. The second-order valence-electron chi connectivity index (χ2n) is 5.71. The highest BCUT2D eigenvalue weighted by Crippen LogP contribution is 2.31. The van der Waals surface area contributed by atoms with Crippen LogP contribution in [0.15, 0.2) is 36.4 Å². The summed E-state index contributed by atoms with van der Waals surface area (Å²) in [6.07, 6.45) is 2.90. The summed E-state index contributed by atoms with van der Waals surface area (Å²) in [5.74, 6) is 1.34. The molecule has 1 heterocycles. The van der Waals surface area contributed by atoms with Crippen molar-refractivity contribution < 1.29 is 4.74 Å². The second-order valence-corrected chi connectivity index (χ2v) is 5.71. The van der Waals surface area contributed by atoms with Crippen molar-refractivity contribution in [2.75, 3.05) is 27.2 Å². The number of benzene rings is 1. The third-order valence-electron chi connectivity index (χ3n) is 3.34. The summed E-state index contributed by atoms with van der Waals surface area (Å²) in [6.45, 7) is 5.99. The predicted molar refractivity (Wildman–Crippen MR) is 86.6 cm³/mol. The SMILES string of the molecule is CC(C)c1cc(OCCN(C)C)ccc1-c1ccc[c]n1. The zero-order chi connectivity index (χ0) is 15.2. The quantitative estimate of drug-likeness (QED) is 0.809. The zero-order valence-corrected chi connectivity index (χ0v) is 13.3. The van der Waals surface area contributed by atoms with Crippen LogP contribution in [0.3, 0.4) is 0 Å². The van der Waals surface area contributed by atoms with Crippen molar-refractivity contribution in [3.63, 3.8) is 0 Å². The minimum Gasteiger partial charge on any atom is -0.492 e. The summed E-state index contributed by atoms with van der Waals surface area (Å²) in [7, 11) is 4.09. The van der Waals surface area contributed by atoms with Crippen molar-refractivity contribution in [2.45, 2.75) is 19.8 Å². The minimum atomic E-state index is 0.416. The summed E-state index contributed by atoms with van der Waals surface area (Å²) in [6, 6.07) is 12.0. The van der Waals surface area contributed by atoms with Gasteiger partial charge in [0.05, 0.1) is 11.9 Å². The maximum Gasteiger partial charge on any atom is 0.119 e. The molecule has 3 nitrogen and oxygen atoms in total. The van der Waals surface area contributed by atoms with Crippen molar-refractivity contribution >= 4 is 0 Å². The first-order valence-corrected chi connectivity index (χ1v) is 7.33. The van der Waals surface area contributed by atoms with E-state index in [1.54, 1.807) is 0 Å². The Balaban J connectivity index is 2.23. The molecule has 0 aliphatic heterocycles. The lowest BCUT2D eigenvalue weighted by atomic mass is 9.95. The van der Waals surface area contributed by atoms with Gasteiger partial charge in [0.25, 0.3) is 0 Å². The minimum absolute atomic E-state index is 0.416. The van der Waals surface area contributed by atoms with E-state index in [-0.39, 0.29) is 0 Å². The van der Waals surface area contributed by atoms with Crippen LogP contribution >= 0.6 is 0 Å². The molecule has 0 spiro atoms. The number of pyridine rings is 1. The van der Waals surface area contributed by atoms with Gasteiger partial charge in [0.2, 0.25) is 0 Å². The summed E-state index contributed by atoms with van der Waals surface area (Å²) < 4.78 is 5.83. The molecule has 0 atom stereocenters. The number of hydrogen-bond donors (Lipinski definition) is 0. The molecule has 3 heteroatoms. The van der Waals surface area contributed by atoms with E-state index in [4.69, 9.17) is 4.74 Å². The molecular formula is C18H23N2O. The first kappa shape index (κ1) is 15.5. The highest BCUT2D eigenvalue weighted by molar-refractivity contribution is 5.65. The average molecular weight is 283 g/mol. The third-order valence-corrected chi connectivity index (χ3v) is 3.34. The average Bonchev–Trinajstić information content (AvgIpc) is 2.47. The first-order valence-electron chi connectivity index (χ1n) is 7.33. The van der Waals surface area contributed by atoms with Crippen LogP contribution in [0.5, 0.6) is 5.75 Å². The molecule has 0 aliphatic rings. The van der Waals surface area contributed by atoms with Crippen LogP contribution < -0.4 is 4.74 Å². The fourth-order valence-corrected chi connectivity index (χ4v) is 2.16. The largest absolute Gasteiger partial charge is 0.492 e. The van der Waals surface area contributed by atoms with E-state index in [9.17, 15) is 0 Å². The van der Waals surface area contributed by atoms with Gasteiger partial charge in [0, 0.05) is 12.1 Å². The van der Waals surface area contributed by atoms with E-state index in [1.807, 2.05) is 38.4 Å². The molecule has 0 amide bonds. The fraction of sp³-hybridized carbons (Fsp3) is 0.389. The monoisotopic (exact) mass is 283 g/mol. The molecular weight excluding hydrogens is 260 g/mol. The molecule has 0 bridgehead atoms. The Kier molecular flexibility index (Phi) is 5.34. The van der Waals surface area contributed by atoms with Gasteiger partial charge in [-0.15, -0.1) is 0 Å². The Bertz CT molecular complexity index is 565. The fourth-order valence-electron chi connectivity index (χ4n) is 2.16. The lowest BCUT2D eigenvalue weighted by molar-refractivity contribution is 0.261. The molecule has 0 saturated heterocycles. The maximum absolute atomic E-state index is 5.83. The van der Waals surface area contributed by atoms with Gasteiger partial charge in [0.1, 0.15) is 12.4 Å². The van der Waals surface area contributed by atoms with Crippen LogP contribution in [0.25, 0.3) is 11.3 Å². The standard InChI is InChI=1S/C18H23N2O/c1-14(2)17-13-15(21-12-11-20(3)4)8-9-16(17)18-7-5-6-10-19-18/h5-9,13-14H,11-12H2,1-4H3. The van der Waals surface area contributed by atoms with Crippen LogP contribution in [0, 0.1) is 6.20 Å². The molecule has 0 aliphatic carbocycles. The van der Waals surface area contributed by atoms with E-state index in [2.05, 4.69) is 42.1 Å². The van der Waals surface area contributed by atoms with E-state index in [1.165, 1.54) is 5.56 Å². The van der Waals surface area contributed by atoms with Gasteiger partial charge in [-0.3, -0.25) is 0 Å². The summed E-state index contributed by atoms with van der Waals surface area (Å²) in [5, 5.41) is 0. The highest BCUT2D eigenvalue weighted by atomic mass is 16.5. The van der Waals surface area contributed by atoms with Gasteiger partial charge in [0.15, 0.2) is 0 Å². The van der Waals surface area contributed by atoms with E-state index in [0.29, 0.717) is 12.5 Å². The Morgan fingerprint density at radius 1 is 1.24 bits per heavy atom. The molecule has 0 unspecified atom stereocenters. The molecule has 0 saturated carbocycles. The highest BCUT2D eigenvalue weighted by Gasteiger charge is 2.11. The van der Waals surface area contributed by atoms with Crippen molar-refractivity contribution in [3.8, 4) is 17.0 Å². The van der Waals surface area contributed by atoms with E-state index in [0.717, 1.165) is 23.6 Å². The Hall–Kier alpha value is -1.87. The van der Waals surface area contributed by atoms with Gasteiger partial charge >= 0.3 is 0 Å². The van der Waals surface area contributed by atoms with Crippen LogP contribution in [0.1, 0.15) is 25.3 Å². The summed E-state index contributed by atoms with van der Waals surface area (Å²) in [5.41, 5.74) is 3.37. The first-order chi connectivity index (χ1) is 10.1. The van der Waals surface area contributed by atoms with Crippen molar-refractivity contribution in [2.24, 2.45) is 0 Å². The summed E-state index contributed by atoms with van der Waals surface area (Å²) >= 11 is 0. The number of likely N-dealkylation sites (N-methyl/N-ethyl adjacent to an activating group) is 1. The lowest BCUT2D eigenvalue weighted by Gasteiger charge is -2.16. The molecule has 1 aromatic heterocycles. The van der Waals surface area contributed by atoms with Gasteiger partial charge in [-0.2, -0.15) is 0 Å². The van der Waals surface area contributed by atoms with Gasteiger partial charge in [-0.05, 0) is 55.9 Å².